The zero-order chi connectivity index (χ0) is 24.2. The Morgan fingerprint density at radius 2 is 1.71 bits per heavy atom. The number of carboxylic acid groups (broad SMARTS) is 1. The Hall–Kier alpha value is -2.93. The molecular weight excluding hydrogens is 501 g/mol. The third-order valence-corrected chi connectivity index (χ3v) is 6.48. The maximum absolute atomic E-state index is 13.3. The molecule has 1 amide bonds. The second-order valence-corrected chi connectivity index (χ2v) is 8.91. The molecule has 1 aliphatic rings. The number of carbonyl (C=O) groups is 2. The third-order valence-electron chi connectivity index (χ3n) is 5.54. The average molecular weight is 521 g/mol. The van der Waals surface area contributed by atoms with Gasteiger partial charge >= 0.3 is 12.1 Å². The monoisotopic (exact) mass is 519 g/mol. The molecule has 0 bridgehead atoms. The van der Waals surface area contributed by atoms with Gasteiger partial charge in [0.2, 0.25) is 0 Å². The van der Waals surface area contributed by atoms with Gasteiger partial charge in [-0.1, -0.05) is 65.1 Å². The second-order valence-electron chi connectivity index (χ2n) is 7.66. The van der Waals surface area contributed by atoms with Crippen molar-refractivity contribution < 1.29 is 24.2 Å². The maximum Gasteiger partial charge on any atom is 0.410 e. The summed E-state index contributed by atoms with van der Waals surface area (Å²) in [7, 11) is 0. The van der Waals surface area contributed by atoms with Gasteiger partial charge in [0.15, 0.2) is 6.61 Å². The standard InChI is InChI=1S/C25H20Cl3NO5/c26-16-8-9-22(33-14-23(30)31)18(12-16)24-17-5-2-1-4-15(17)10-11-29(24)25(32)34-13-19-20(27)6-3-7-21(19)28/h1-9,12,24H,10-11,13-14H2,(H,30,31). The van der Waals surface area contributed by atoms with Crippen LogP contribution in [-0.2, 0) is 22.6 Å². The number of aliphatic carboxylic acids is 1. The van der Waals surface area contributed by atoms with E-state index in [1.807, 2.05) is 24.3 Å². The Bertz CT molecular complexity index is 1210. The molecule has 3 aromatic rings. The summed E-state index contributed by atoms with van der Waals surface area (Å²) >= 11 is 18.7. The van der Waals surface area contributed by atoms with Gasteiger partial charge in [-0.25, -0.2) is 9.59 Å². The van der Waals surface area contributed by atoms with Crippen molar-refractivity contribution >= 4 is 46.9 Å². The molecule has 6 nitrogen and oxygen atoms in total. The summed E-state index contributed by atoms with van der Waals surface area (Å²) in [6, 6.07) is 17.1. The van der Waals surface area contributed by atoms with E-state index in [9.17, 15) is 9.59 Å². The first-order valence-electron chi connectivity index (χ1n) is 10.4. The van der Waals surface area contributed by atoms with Crippen LogP contribution in [0.25, 0.3) is 0 Å². The van der Waals surface area contributed by atoms with Crippen LogP contribution in [0.1, 0.15) is 28.3 Å². The van der Waals surface area contributed by atoms with Gasteiger partial charge in [0.25, 0.3) is 0 Å². The average Bonchev–Trinajstić information content (AvgIpc) is 2.82. The summed E-state index contributed by atoms with van der Waals surface area (Å²) in [5.74, 6) is -0.793. The van der Waals surface area contributed by atoms with Crippen LogP contribution >= 0.6 is 34.8 Å². The van der Waals surface area contributed by atoms with Crippen molar-refractivity contribution in [2.75, 3.05) is 13.2 Å². The van der Waals surface area contributed by atoms with Gasteiger partial charge in [-0.3, -0.25) is 4.90 Å². The molecule has 0 saturated heterocycles. The van der Waals surface area contributed by atoms with Crippen molar-refractivity contribution in [2.45, 2.75) is 19.1 Å². The molecule has 0 aliphatic carbocycles. The fourth-order valence-corrected chi connectivity index (χ4v) is 4.68. The van der Waals surface area contributed by atoms with Crippen LogP contribution < -0.4 is 4.74 Å². The van der Waals surface area contributed by atoms with Crippen molar-refractivity contribution in [3.8, 4) is 5.75 Å². The number of halogens is 3. The number of rotatable bonds is 6. The van der Waals surface area contributed by atoms with Crippen molar-refractivity contribution in [1.82, 2.24) is 4.90 Å². The highest BCUT2D eigenvalue weighted by Crippen LogP contribution is 2.41. The molecule has 1 aliphatic heterocycles. The molecule has 4 rings (SSSR count). The quantitative estimate of drug-likeness (QED) is 0.407. The molecule has 0 saturated carbocycles. The Kier molecular flexibility index (Phi) is 7.51. The van der Waals surface area contributed by atoms with Gasteiger partial charge < -0.3 is 14.6 Å². The summed E-state index contributed by atoms with van der Waals surface area (Å²) in [4.78, 5) is 26.0. The first-order valence-corrected chi connectivity index (χ1v) is 11.6. The number of carboxylic acids is 1. The van der Waals surface area contributed by atoms with E-state index in [1.165, 1.54) is 0 Å². The summed E-state index contributed by atoms with van der Waals surface area (Å²) in [6.07, 6.45) is 0.0557. The van der Waals surface area contributed by atoms with E-state index in [4.69, 9.17) is 49.4 Å². The van der Waals surface area contributed by atoms with Crippen LogP contribution in [0.15, 0.2) is 60.7 Å². The lowest BCUT2D eigenvalue weighted by molar-refractivity contribution is -0.139. The van der Waals surface area contributed by atoms with Crippen molar-refractivity contribution in [3.63, 3.8) is 0 Å². The lowest BCUT2D eigenvalue weighted by Gasteiger charge is -2.37. The molecule has 1 heterocycles. The number of ether oxygens (including phenoxy) is 2. The van der Waals surface area contributed by atoms with Gasteiger partial charge in [0.1, 0.15) is 12.4 Å². The van der Waals surface area contributed by atoms with E-state index >= 15 is 0 Å². The van der Waals surface area contributed by atoms with Crippen LogP contribution in [-0.4, -0.2) is 35.2 Å². The Morgan fingerprint density at radius 1 is 0.971 bits per heavy atom. The first-order chi connectivity index (χ1) is 16.3. The molecule has 1 unspecified atom stereocenters. The zero-order valence-corrected chi connectivity index (χ0v) is 20.1. The molecule has 1 N–H and O–H groups in total. The maximum atomic E-state index is 13.3. The Morgan fingerprint density at radius 3 is 2.44 bits per heavy atom. The summed E-state index contributed by atoms with van der Waals surface area (Å²) in [5.41, 5.74) is 3.02. The molecule has 0 fully saturated rings. The minimum Gasteiger partial charge on any atom is -0.482 e. The Labute approximate surface area is 211 Å². The minimum absolute atomic E-state index is 0.0971. The zero-order valence-electron chi connectivity index (χ0n) is 17.8. The van der Waals surface area contributed by atoms with Crippen molar-refractivity contribution in [1.29, 1.82) is 0 Å². The van der Waals surface area contributed by atoms with Crippen molar-refractivity contribution in [2.24, 2.45) is 0 Å². The number of hydrogen-bond donors (Lipinski definition) is 1. The summed E-state index contributed by atoms with van der Waals surface area (Å²) in [5, 5.41) is 10.3. The predicted octanol–water partition coefficient (Wildman–Crippen LogP) is 6.39. The van der Waals surface area contributed by atoms with Gasteiger partial charge in [-0.2, -0.15) is 0 Å². The smallest absolute Gasteiger partial charge is 0.410 e. The molecular formula is C25H20Cl3NO5. The molecule has 0 aromatic heterocycles. The highest BCUT2D eigenvalue weighted by molar-refractivity contribution is 6.36. The lowest BCUT2D eigenvalue weighted by atomic mass is 9.88. The molecule has 176 valence electrons. The van der Waals surface area contributed by atoms with E-state index in [2.05, 4.69) is 0 Å². The normalized spacial score (nSPS) is 14.9. The number of amides is 1. The van der Waals surface area contributed by atoms with Crippen molar-refractivity contribution in [3.05, 3.63) is 98.0 Å². The number of carbonyl (C=O) groups excluding carboxylic acids is 1. The van der Waals surface area contributed by atoms with E-state index in [0.29, 0.717) is 44.9 Å². The molecule has 0 spiro atoms. The fourth-order valence-electron chi connectivity index (χ4n) is 3.99. The minimum atomic E-state index is -1.11. The Balaban J connectivity index is 1.70. The number of fused-ring (bicyclic) bond motifs is 1. The largest absolute Gasteiger partial charge is 0.482 e. The highest BCUT2D eigenvalue weighted by Gasteiger charge is 2.35. The lowest BCUT2D eigenvalue weighted by Crippen LogP contribution is -2.41. The van der Waals surface area contributed by atoms with E-state index in [0.717, 1.165) is 11.1 Å². The van der Waals surface area contributed by atoms with Gasteiger partial charge in [-0.15, -0.1) is 0 Å². The van der Waals surface area contributed by atoms with E-state index in [-0.39, 0.29) is 6.61 Å². The molecule has 0 radical (unpaired) electrons. The summed E-state index contributed by atoms with van der Waals surface area (Å²) < 4.78 is 11.2. The van der Waals surface area contributed by atoms with E-state index in [1.54, 1.807) is 41.3 Å². The summed E-state index contributed by atoms with van der Waals surface area (Å²) in [6.45, 7) is -0.250. The van der Waals surface area contributed by atoms with Crippen LogP contribution in [0.4, 0.5) is 4.79 Å². The predicted molar refractivity (Wildman–Crippen MR) is 130 cm³/mol. The number of nitrogens with zero attached hydrogens (tertiary/aromatic N) is 1. The van der Waals surface area contributed by atoms with Crippen LogP contribution in [0.3, 0.4) is 0 Å². The molecule has 1 atom stereocenters. The number of benzene rings is 3. The van der Waals surface area contributed by atoms with Crippen LogP contribution in [0.5, 0.6) is 5.75 Å². The first kappa shape index (κ1) is 24.2. The highest BCUT2D eigenvalue weighted by atomic mass is 35.5. The third kappa shape index (κ3) is 5.25. The number of hydrogen-bond acceptors (Lipinski definition) is 4. The van der Waals surface area contributed by atoms with Gasteiger partial charge in [-0.05, 0) is 47.9 Å². The van der Waals surface area contributed by atoms with Gasteiger partial charge in [0.05, 0.1) is 6.04 Å². The van der Waals surface area contributed by atoms with Crippen LogP contribution in [0.2, 0.25) is 15.1 Å². The fraction of sp³-hybridized carbons (Fsp3) is 0.200. The molecule has 34 heavy (non-hydrogen) atoms. The molecule has 9 heteroatoms. The van der Waals surface area contributed by atoms with Gasteiger partial charge in [0, 0.05) is 32.7 Å². The van der Waals surface area contributed by atoms with Crippen LogP contribution in [0, 0.1) is 0 Å². The van der Waals surface area contributed by atoms with E-state index < -0.39 is 24.7 Å². The molecule has 3 aromatic carbocycles. The second kappa shape index (κ2) is 10.6. The SMILES string of the molecule is O=C(O)COc1ccc(Cl)cc1C1c2ccccc2CCN1C(=O)OCc1c(Cl)cccc1Cl. The topological polar surface area (TPSA) is 76.1 Å².